The van der Waals surface area contributed by atoms with Crippen LogP contribution in [0.1, 0.15) is 0 Å². The Morgan fingerprint density at radius 3 is 2.51 bits per heavy atom. The summed E-state index contributed by atoms with van der Waals surface area (Å²) in [5.74, 6) is 0. The van der Waals surface area contributed by atoms with Crippen molar-refractivity contribution in [2.45, 2.75) is 4.90 Å². The molecule has 1 saturated heterocycles. The van der Waals surface area contributed by atoms with Crippen molar-refractivity contribution in [3.05, 3.63) is 83.0 Å². The number of thiocarbonyl (C=S) groups is 1. The Morgan fingerprint density at radius 2 is 1.70 bits per heavy atom. The van der Waals surface area contributed by atoms with E-state index < -0.39 is 10.0 Å². The second kappa shape index (κ2) is 10.9. The highest BCUT2D eigenvalue weighted by atomic mass is 35.5. The van der Waals surface area contributed by atoms with Gasteiger partial charge in [0.05, 0.1) is 39.5 Å². The molecule has 0 spiro atoms. The number of nitrogens with zero attached hydrogens (tertiary/aromatic N) is 2. The van der Waals surface area contributed by atoms with Crippen molar-refractivity contribution in [1.82, 2.24) is 9.29 Å². The summed E-state index contributed by atoms with van der Waals surface area (Å²) >= 11 is 18.4. The van der Waals surface area contributed by atoms with Crippen LogP contribution in [0.15, 0.2) is 77.8 Å². The molecule has 2 heterocycles. The predicted octanol–water partition coefficient (Wildman–Crippen LogP) is 6.04. The fourth-order valence-electron chi connectivity index (χ4n) is 4.10. The van der Waals surface area contributed by atoms with Crippen molar-refractivity contribution >= 4 is 72.7 Å². The summed E-state index contributed by atoms with van der Waals surface area (Å²) in [5, 5.41) is 9.30. The molecule has 190 valence electrons. The summed E-state index contributed by atoms with van der Waals surface area (Å²) in [4.78, 5) is 4.69. The van der Waals surface area contributed by atoms with Crippen LogP contribution in [-0.4, -0.2) is 49.1 Å². The van der Waals surface area contributed by atoms with Gasteiger partial charge in [-0.1, -0.05) is 47.5 Å². The van der Waals surface area contributed by atoms with Gasteiger partial charge in [-0.25, -0.2) is 8.42 Å². The molecule has 4 aromatic rings. The molecule has 5 rings (SSSR count). The van der Waals surface area contributed by atoms with E-state index in [1.807, 2.05) is 36.4 Å². The van der Waals surface area contributed by atoms with Gasteiger partial charge in [0.2, 0.25) is 10.0 Å². The van der Waals surface area contributed by atoms with Crippen LogP contribution in [0, 0.1) is 0 Å². The van der Waals surface area contributed by atoms with E-state index in [2.05, 4.69) is 15.6 Å². The topological polar surface area (TPSA) is 83.6 Å². The van der Waals surface area contributed by atoms with Gasteiger partial charge in [-0.15, -0.1) is 0 Å². The van der Waals surface area contributed by atoms with Gasteiger partial charge in [0.25, 0.3) is 0 Å². The van der Waals surface area contributed by atoms with Crippen molar-refractivity contribution in [3.8, 4) is 11.3 Å². The molecule has 37 heavy (non-hydrogen) atoms. The Hall–Kier alpha value is -2.79. The van der Waals surface area contributed by atoms with Crippen LogP contribution in [0.3, 0.4) is 0 Å². The number of pyridine rings is 1. The Balaban J connectivity index is 1.37. The highest BCUT2D eigenvalue weighted by molar-refractivity contribution is 7.89. The SMILES string of the molecule is O=S(=O)(c1ccc(Cl)c(NC(=S)Nc2ccc(Cl)c(-c3nccc4ccccc34)c2)c1)N1CCOCC1. The van der Waals surface area contributed by atoms with Crippen molar-refractivity contribution in [1.29, 1.82) is 0 Å². The van der Waals surface area contributed by atoms with Crippen molar-refractivity contribution in [3.63, 3.8) is 0 Å². The number of sulfonamides is 1. The number of nitrogens with one attached hydrogen (secondary N) is 2. The largest absolute Gasteiger partial charge is 0.379 e. The van der Waals surface area contributed by atoms with Crippen molar-refractivity contribution in [2.24, 2.45) is 0 Å². The Kier molecular flexibility index (Phi) is 7.62. The second-order valence-electron chi connectivity index (χ2n) is 8.31. The molecule has 0 amide bonds. The molecule has 1 aromatic heterocycles. The third-order valence-electron chi connectivity index (χ3n) is 5.95. The van der Waals surface area contributed by atoms with Gasteiger partial charge in [0.1, 0.15) is 0 Å². The monoisotopic (exact) mass is 572 g/mol. The molecule has 1 fully saturated rings. The van der Waals surface area contributed by atoms with Gasteiger partial charge in [-0.2, -0.15) is 4.31 Å². The zero-order valence-corrected chi connectivity index (χ0v) is 22.6. The third kappa shape index (κ3) is 5.57. The van der Waals surface area contributed by atoms with Crippen LogP contribution in [-0.2, 0) is 14.8 Å². The Morgan fingerprint density at radius 1 is 0.946 bits per heavy atom. The van der Waals surface area contributed by atoms with Gasteiger partial charge in [0, 0.05) is 35.9 Å². The van der Waals surface area contributed by atoms with Gasteiger partial charge < -0.3 is 15.4 Å². The Labute approximate surface area is 230 Å². The quantitative estimate of drug-likeness (QED) is 0.282. The average molecular weight is 574 g/mol. The lowest BCUT2D eigenvalue weighted by Gasteiger charge is -2.26. The van der Waals surface area contributed by atoms with Gasteiger partial charge >= 0.3 is 0 Å². The van der Waals surface area contributed by atoms with Crippen LogP contribution in [0.4, 0.5) is 11.4 Å². The molecule has 1 aliphatic heterocycles. The zero-order chi connectivity index (χ0) is 26.0. The number of fused-ring (bicyclic) bond motifs is 1. The van der Waals surface area contributed by atoms with Gasteiger partial charge in [0.15, 0.2) is 5.11 Å². The first kappa shape index (κ1) is 25.8. The van der Waals surface area contributed by atoms with Crippen LogP contribution in [0.25, 0.3) is 22.0 Å². The maximum Gasteiger partial charge on any atom is 0.243 e. The highest BCUT2D eigenvalue weighted by Gasteiger charge is 2.27. The van der Waals surface area contributed by atoms with E-state index in [9.17, 15) is 8.42 Å². The highest BCUT2D eigenvalue weighted by Crippen LogP contribution is 2.34. The molecular formula is C26H22Cl2N4O3S2. The number of benzene rings is 3. The van der Waals surface area contributed by atoms with Crippen LogP contribution >= 0.6 is 35.4 Å². The number of halogens is 2. The molecule has 7 nitrogen and oxygen atoms in total. The Bertz CT molecular complexity index is 1590. The minimum absolute atomic E-state index is 0.125. The van der Waals surface area contributed by atoms with Gasteiger partial charge in [-0.3, -0.25) is 4.98 Å². The molecule has 0 aliphatic carbocycles. The predicted molar refractivity (Wildman–Crippen MR) is 153 cm³/mol. The smallest absolute Gasteiger partial charge is 0.243 e. The van der Waals surface area contributed by atoms with Crippen LogP contribution < -0.4 is 10.6 Å². The fourth-order valence-corrected chi connectivity index (χ4v) is 6.13. The summed E-state index contributed by atoms with van der Waals surface area (Å²) in [5.41, 5.74) is 2.57. The van der Waals surface area contributed by atoms with Gasteiger partial charge in [-0.05, 0) is 60.1 Å². The molecule has 0 saturated carbocycles. The number of anilines is 2. The number of rotatable bonds is 5. The van der Waals surface area contributed by atoms with Crippen LogP contribution in [0.5, 0.6) is 0 Å². The number of aromatic nitrogens is 1. The van der Waals surface area contributed by atoms with E-state index in [1.54, 1.807) is 18.3 Å². The molecule has 0 bridgehead atoms. The average Bonchev–Trinajstić information content (AvgIpc) is 2.91. The van der Waals surface area contributed by atoms with E-state index in [0.717, 1.165) is 22.0 Å². The van der Waals surface area contributed by atoms with E-state index in [0.29, 0.717) is 47.7 Å². The lowest BCUT2D eigenvalue weighted by atomic mass is 10.0. The lowest BCUT2D eigenvalue weighted by Crippen LogP contribution is -2.40. The molecule has 2 N–H and O–H groups in total. The van der Waals surface area contributed by atoms with Crippen molar-refractivity contribution < 1.29 is 13.2 Å². The van der Waals surface area contributed by atoms with Crippen molar-refractivity contribution in [2.75, 3.05) is 36.9 Å². The standard InChI is InChI=1S/C26H22Cl2N4O3S2/c27-22-7-5-18(15-21(22)25-20-4-2-1-3-17(20)9-10-29-25)30-26(36)31-24-16-19(6-8-23(24)28)37(33,34)32-11-13-35-14-12-32/h1-10,15-16H,11-14H2,(H2,30,31,36). The minimum Gasteiger partial charge on any atom is -0.379 e. The summed E-state index contributed by atoms with van der Waals surface area (Å²) in [6.07, 6.45) is 1.75. The first-order valence-electron chi connectivity index (χ1n) is 11.4. The lowest BCUT2D eigenvalue weighted by molar-refractivity contribution is 0.0730. The summed E-state index contributed by atoms with van der Waals surface area (Å²) < 4.78 is 32.8. The van der Waals surface area contributed by atoms with E-state index in [4.69, 9.17) is 40.2 Å². The normalized spacial score (nSPS) is 14.4. The first-order valence-corrected chi connectivity index (χ1v) is 14.0. The first-order chi connectivity index (χ1) is 17.8. The van der Waals surface area contributed by atoms with E-state index >= 15 is 0 Å². The van der Waals surface area contributed by atoms with E-state index in [-0.39, 0.29) is 10.0 Å². The minimum atomic E-state index is -3.69. The third-order valence-corrected chi connectivity index (χ3v) is 8.70. The number of ether oxygens (including phenoxy) is 1. The number of morpholine rings is 1. The van der Waals surface area contributed by atoms with E-state index in [1.165, 1.54) is 22.5 Å². The molecule has 0 radical (unpaired) electrons. The maximum absolute atomic E-state index is 13.1. The summed E-state index contributed by atoms with van der Waals surface area (Å²) in [6.45, 7) is 1.34. The maximum atomic E-state index is 13.1. The molecular weight excluding hydrogens is 551 g/mol. The molecule has 0 atom stereocenters. The number of hydrogen-bond donors (Lipinski definition) is 2. The van der Waals surface area contributed by atoms with Crippen LogP contribution in [0.2, 0.25) is 10.0 Å². The molecule has 1 aliphatic rings. The second-order valence-corrected chi connectivity index (χ2v) is 11.5. The fraction of sp³-hybridized carbons (Fsp3) is 0.154. The summed E-state index contributed by atoms with van der Waals surface area (Å²) in [6, 6.07) is 19.8. The summed E-state index contributed by atoms with van der Waals surface area (Å²) in [7, 11) is -3.69. The molecule has 11 heteroatoms. The zero-order valence-electron chi connectivity index (χ0n) is 19.4. The number of hydrogen-bond acceptors (Lipinski definition) is 5. The molecule has 0 unspecified atom stereocenters. The molecule has 3 aromatic carbocycles.